The van der Waals surface area contributed by atoms with E-state index in [9.17, 15) is 0 Å². The molecule has 4 heteroatoms. The predicted molar refractivity (Wildman–Crippen MR) is 77.9 cm³/mol. The third-order valence-corrected chi connectivity index (χ3v) is 3.88. The lowest BCUT2D eigenvalue weighted by molar-refractivity contribution is 0.0887. The Morgan fingerprint density at radius 3 is 2.83 bits per heavy atom. The van der Waals surface area contributed by atoms with Crippen molar-refractivity contribution in [2.75, 3.05) is 13.1 Å². The Balaban J connectivity index is 0.00000162. The maximum Gasteiger partial charge on any atom is 0.0573 e. The second kappa shape index (κ2) is 6.00. The van der Waals surface area contributed by atoms with Crippen LogP contribution in [-0.2, 0) is 6.54 Å². The molecule has 3 nitrogen and oxygen atoms in total. The molecule has 2 rings (SSSR count). The lowest BCUT2D eigenvalue weighted by atomic mass is 9.79. The van der Waals surface area contributed by atoms with Crippen molar-refractivity contribution in [1.82, 2.24) is 9.88 Å². The highest BCUT2D eigenvalue weighted by Gasteiger charge is 2.33. The highest BCUT2D eigenvalue weighted by atomic mass is 35.5. The fourth-order valence-electron chi connectivity index (χ4n) is 2.52. The molecule has 2 N–H and O–H groups in total. The summed E-state index contributed by atoms with van der Waals surface area (Å²) in [5, 5.41) is 0. The first kappa shape index (κ1) is 15.4. The number of rotatable bonds is 2. The van der Waals surface area contributed by atoms with Gasteiger partial charge in [0.15, 0.2) is 0 Å². The summed E-state index contributed by atoms with van der Waals surface area (Å²) in [5.74, 6) is 0. The van der Waals surface area contributed by atoms with E-state index in [4.69, 9.17) is 5.73 Å². The molecule has 1 aromatic heterocycles. The summed E-state index contributed by atoms with van der Waals surface area (Å²) < 4.78 is 0. The van der Waals surface area contributed by atoms with Gasteiger partial charge in [0.1, 0.15) is 0 Å². The minimum atomic E-state index is 0. The Hall–Kier alpha value is -0.640. The van der Waals surface area contributed by atoms with E-state index < -0.39 is 0 Å². The SMILES string of the molecule is Cc1cccnc1CN1CCC(N)C(C)(C)C1.Cl. The van der Waals surface area contributed by atoms with E-state index in [2.05, 4.69) is 36.7 Å². The molecule has 18 heavy (non-hydrogen) atoms. The highest BCUT2D eigenvalue weighted by Crippen LogP contribution is 2.28. The molecule has 1 aliphatic heterocycles. The minimum absolute atomic E-state index is 0. The maximum absolute atomic E-state index is 6.16. The molecule has 1 aromatic rings. The topological polar surface area (TPSA) is 42.2 Å². The summed E-state index contributed by atoms with van der Waals surface area (Å²) in [4.78, 5) is 6.94. The lowest BCUT2D eigenvalue weighted by Gasteiger charge is -2.42. The van der Waals surface area contributed by atoms with Crippen LogP contribution in [0.15, 0.2) is 18.3 Å². The zero-order chi connectivity index (χ0) is 12.5. The quantitative estimate of drug-likeness (QED) is 0.896. The molecule has 2 heterocycles. The van der Waals surface area contributed by atoms with Crippen LogP contribution in [0.4, 0.5) is 0 Å². The van der Waals surface area contributed by atoms with Crippen molar-refractivity contribution in [3.63, 3.8) is 0 Å². The van der Waals surface area contributed by atoms with Crippen LogP contribution >= 0.6 is 12.4 Å². The predicted octanol–water partition coefficient (Wildman–Crippen LogP) is 2.37. The normalized spacial score (nSPS) is 23.4. The second-order valence-electron chi connectivity index (χ2n) is 5.86. The second-order valence-corrected chi connectivity index (χ2v) is 5.86. The molecular formula is C14H24ClN3. The number of aromatic nitrogens is 1. The third-order valence-electron chi connectivity index (χ3n) is 3.88. The lowest BCUT2D eigenvalue weighted by Crippen LogP contribution is -2.52. The van der Waals surface area contributed by atoms with E-state index >= 15 is 0 Å². The number of aryl methyl sites for hydroxylation is 1. The van der Waals surface area contributed by atoms with Gasteiger partial charge in [-0.3, -0.25) is 9.88 Å². The average molecular weight is 270 g/mol. The Morgan fingerprint density at radius 1 is 1.50 bits per heavy atom. The molecule has 1 fully saturated rings. The van der Waals surface area contributed by atoms with E-state index in [-0.39, 0.29) is 17.8 Å². The van der Waals surface area contributed by atoms with Gasteiger partial charge in [0, 0.05) is 31.9 Å². The summed E-state index contributed by atoms with van der Waals surface area (Å²) >= 11 is 0. The van der Waals surface area contributed by atoms with Crippen molar-refractivity contribution in [3.8, 4) is 0 Å². The first-order valence-electron chi connectivity index (χ1n) is 6.37. The fourth-order valence-corrected chi connectivity index (χ4v) is 2.52. The summed E-state index contributed by atoms with van der Waals surface area (Å²) in [6, 6.07) is 4.45. The Kier molecular flexibility index (Phi) is 5.14. The van der Waals surface area contributed by atoms with Crippen molar-refractivity contribution in [2.45, 2.75) is 39.8 Å². The van der Waals surface area contributed by atoms with Crippen molar-refractivity contribution < 1.29 is 0 Å². The van der Waals surface area contributed by atoms with Crippen LogP contribution in [0.25, 0.3) is 0 Å². The molecule has 102 valence electrons. The van der Waals surface area contributed by atoms with Crippen LogP contribution in [0, 0.1) is 12.3 Å². The average Bonchev–Trinajstić information content (AvgIpc) is 2.26. The Labute approximate surface area is 116 Å². The largest absolute Gasteiger partial charge is 0.327 e. The number of nitrogens with two attached hydrogens (primary N) is 1. The first-order chi connectivity index (χ1) is 7.99. The number of piperidine rings is 1. The first-order valence-corrected chi connectivity index (χ1v) is 6.37. The Bertz CT molecular complexity index is 392. The number of likely N-dealkylation sites (tertiary alicyclic amines) is 1. The van der Waals surface area contributed by atoms with Gasteiger partial charge < -0.3 is 5.73 Å². The van der Waals surface area contributed by atoms with Crippen molar-refractivity contribution >= 4 is 12.4 Å². The maximum atomic E-state index is 6.16. The van der Waals surface area contributed by atoms with Gasteiger partial charge in [-0.15, -0.1) is 12.4 Å². The Morgan fingerprint density at radius 2 is 2.22 bits per heavy atom. The third kappa shape index (κ3) is 3.44. The van der Waals surface area contributed by atoms with Crippen LogP contribution < -0.4 is 5.73 Å². The molecule has 1 atom stereocenters. The standard InChI is InChI=1S/C14H23N3.ClH/c1-11-5-4-7-16-12(11)9-17-8-6-13(15)14(2,3)10-17;/h4-5,7,13H,6,8-10,15H2,1-3H3;1H. The van der Waals surface area contributed by atoms with E-state index in [1.165, 1.54) is 11.3 Å². The zero-order valence-corrected chi connectivity index (χ0v) is 12.3. The smallest absolute Gasteiger partial charge is 0.0573 e. The number of pyridine rings is 1. The van der Waals surface area contributed by atoms with Gasteiger partial charge in [-0.25, -0.2) is 0 Å². The number of halogens is 1. The van der Waals surface area contributed by atoms with Gasteiger partial charge in [-0.2, -0.15) is 0 Å². The van der Waals surface area contributed by atoms with Gasteiger partial charge in [0.25, 0.3) is 0 Å². The molecule has 0 aliphatic carbocycles. The van der Waals surface area contributed by atoms with Crippen LogP contribution in [0.2, 0.25) is 0 Å². The van der Waals surface area contributed by atoms with E-state index in [0.717, 1.165) is 26.1 Å². The van der Waals surface area contributed by atoms with Gasteiger partial charge in [-0.1, -0.05) is 19.9 Å². The van der Waals surface area contributed by atoms with Gasteiger partial charge in [0.2, 0.25) is 0 Å². The van der Waals surface area contributed by atoms with E-state index in [1.807, 2.05) is 12.3 Å². The molecule has 0 aromatic carbocycles. The molecule has 0 spiro atoms. The van der Waals surface area contributed by atoms with E-state index in [1.54, 1.807) is 0 Å². The minimum Gasteiger partial charge on any atom is -0.327 e. The number of hydrogen-bond acceptors (Lipinski definition) is 3. The van der Waals surface area contributed by atoms with Gasteiger partial charge >= 0.3 is 0 Å². The van der Waals surface area contributed by atoms with Crippen LogP contribution in [-0.4, -0.2) is 29.0 Å². The molecule has 0 amide bonds. The molecular weight excluding hydrogens is 246 g/mol. The summed E-state index contributed by atoms with van der Waals surface area (Å²) in [5.41, 5.74) is 8.84. The molecule has 0 saturated carbocycles. The number of nitrogens with zero attached hydrogens (tertiary/aromatic N) is 2. The number of hydrogen-bond donors (Lipinski definition) is 1. The molecule has 1 aliphatic rings. The van der Waals surface area contributed by atoms with Crippen molar-refractivity contribution in [3.05, 3.63) is 29.6 Å². The van der Waals surface area contributed by atoms with Crippen LogP contribution in [0.3, 0.4) is 0 Å². The van der Waals surface area contributed by atoms with Gasteiger partial charge in [0.05, 0.1) is 5.69 Å². The summed E-state index contributed by atoms with van der Waals surface area (Å²) in [7, 11) is 0. The van der Waals surface area contributed by atoms with Crippen molar-refractivity contribution in [2.24, 2.45) is 11.1 Å². The highest BCUT2D eigenvalue weighted by molar-refractivity contribution is 5.85. The van der Waals surface area contributed by atoms with Crippen LogP contribution in [0.5, 0.6) is 0 Å². The zero-order valence-electron chi connectivity index (χ0n) is 11.5. The fraction of sp³-hybridized carbons (Fsp3) is 0.643. The summed E-state index contributed by atoms with van der Waals surface area (Å²) in [6.45, 7) is 9.74. The van der Waals surface area contributed by atoms with Gasteiger partial charge in [-0.05, 0) is 30.4 Å². The summed E-state index contributed by atoms with van der Waals surface area (Å²) in [6.07, 6.45) is 2.96. The molecule has 0 bridgehead atoms. The molecule has 1 saturated heterocycles. The molecule has 0 radical (unpaired) electrons. The van der Waals surface area contributed by atoms with E-state index in [0.29, 0.717) is 6.04 Å². The van der Waals surface area contributed by atoms with Crippen LogP contribution in [0.1, 0.15) is 31.5 Å². The monoisotopic (exact) mass is 269 g/mol. The van der Waals surface area contributed by atoms with Crippen molar-refractivity contribution in [1.29, 1.82) is 0 Å². The molecule has 1 unspecified atom stereocenters.